The highest BCUT2D eigenvalue weighted by Gasteiger charge is 2.35. The molecule has 2 aliphatic rings. The number of hydrogen-bond acceptors (Lipinski definition) is 2. The highest BCUT2D eigenvalue weighted by molar-refractivity contribution is 4.89. The van der Waals surface area contributed by atoms with Gasteiger partial charge in [0.25, 0.3) is 0 Å². The van der Waals surface area contributed by atoms with Crippen molar-refractivity contribution in [1.82, 2.24) is 4.90 Å². The van der Waals surface area contributed by atoms with Gasteiger partial charge in [0.05, 0.1) is 0 Å². The molecule has 0 amide bonds. The Morgan fingerprint density at radius 2 is 2.00 bits per heavy atom. The summed E-state index contributed by atoms with van der Waals surface area (Å²) in [5.41, 5.74) is 6.46. The van der Waals surface area contributed by atoms with Gasteiger partial charge in [0, 0.05) is 0 Å². The van der Waals surface area contributed by atoms with Crippen LogP contribution in [0, 0.1) is 11.3 Å². The Balaban J connectivity index is 1.72. The fourth-order valence-corrected chi connectivity index (χ4v) is 3.17. The van der Waals surface area contributed by atoms with Crippen molar-refractivity contribution >= 4 is 0 Å². The molecule has 2 N–H and O–H groups in total. The third-order valence-corrected chi connectivity index (χ3v) is 4.91. The average molecular weight is 224 g/mol. The summed E-state index contributed by atoms with van der Waals surface area (Å²) < 4.78 is 0. The predicted molar refractivity (Wildman–Crippen MR) is 69.4 cm³/mol. The maximum absolute atomic E-state index is 5.92. The molecule has 1 unspecified atom stereocenters. The van der Waals surface area contributed by atoms with Gasteiger partial charge >= 0.3 is 0 Å². The summed E-state index contributed by atoms with van der Waals surface area (Å²) in [5, 5.41) is 0. The Hall–Kier alpha value is -0.0800. The molecule has 0 radical (unpaired) electrons. The number of likely N-dealkylation sites (tertiary alicyclic amines) is 1. The Bertz CT molecular complexity index is 205. The lowest BCUT2D eigenvalue weighted by Gasteiger charge is -2.42. The predicted octanol–water partition coefficient (Wildman–Crippen LogP) is 2.63. The van der Waals surface area contributed by atoms with E-state index in [1.807, 2.05) is 0 Å². The van der Waals surface area contributed by atoms with Crippen LogP contribution >= 0.6 is 0 Å². The van der Waals surface area contributed by atoms with Crippen molar-refractivity contribution in [3.63, 3.8) is 0 Å². The summed E-state index contributed by atoms with van der Waals surface area (Å²) in [4.78, 5) is 2.68. The monoisotopic (exact) mass is 224 g/mol. The first-order valence-corrected chi connectivity index (χ1v) is 7.16. The zero-order valence-electron chi connectivity index (χ0n) is 10.9. The van der Waals surface area contributed by atoms with E-state index in [1.165, 1.54) is 64.6 Å². The van der Waals surface area contributed by atoms with Crippen molar-refractivity contribution in [2.45, 2.75) is 51.9 Å². The normalized spacial score (nSPS) is 30.8. The van der Waals surface area contributed by atoms with Gasteiger partial charge in [-0.05, 0) is 76.0 Å². The molecule has 0 bridgehead atoms. The first kappa shape index (κ1) is 12.4. The van der Waals surface area contributed by atoms with Crippen molar-refractivity contribution in [3.8, 4) is 0 Å². The Labute approximate surface area is 101 Å². The van der Waals surface area contributed by atoms with Crippen LogP contribution in [0.1, 0.15) is 51.9 Å². The first-order chi connectivity index (χ1) is 7.74. The van der Waals surface area contributed by atoms with Crippen LogP contribution in [0.5, 0.6) is 0 Å². The largest absolute Gasteiger partial charge is 0.330 e. The highest BCUT2D eigenvalue weighted by atomic mass is 15.1. The highest BCUT2D eigenvalue weighted by Crippen LogP contribution is 2.43. The average Bonchev–Trinajstić information content (AvgIpc) is 2.43. The lowest BCUT2D eigenvalue weighted by atomic mass is 9.66. The van der Waals surface area contributed by atoms with E-state index < -0.39 is 0 Å². The molecule has 1 heterocycles. The smallest absolute Gasteiger partial charge is 0.00130 e. The van der Waals surface area contributed by atoms with Crippen LogP contribution in [-0.2, 0) is 0 Å². The van der Waals surface area contributed by atoms with Crippen molar-refractivity contribution in [1.29, 1.82) is 0 Å². The van der Waals surface area contributed by atoms with Gasteiger partial charge in [0.1, 0.15) is 0 Å². The fourth-order valence-electron chi connectivity index (χ4n) is 3.17. The first-order valence-electron chi connectivity index (χ1n) is 7.16. The number of nitrogens with zero attached hydrogens (tertiary/aromatic N) is 1. The van der Waals surface area contributed by atoms with Gasteiger partial charge < -0.3 is 10.6 Å². The van der Waals surface area contributed by atoms with Gasteiger partial charge in [-0.2, -0.15) is 0 Å². The minimum absolute atomic E-state index is 0.540. The van der Waals surface area contributed by atoms with E-state index >= 15 is 0 Å². The number of hydrogen-bond donors (Lipinski definition) is 1. The molecule has 94 valence electrons. The molecule has 0 aromatic carbocycles. The van der Waals surface area contributed by atoms with Crippen LogP contribution < -0.4 is 5.73 Å². The van der Waals surface area contributed by atoms with E-state index in [-0.39, 0.29) is 0 Å². The quantitative estimate of drug-likeness (QED) is 0.795. The van der Waals surface area contributed by atoms with E-state index in [4.69, 9.17) is 5.73 Å². The second-order valence-corrected chi connectivity index (χ2v) is 6.19. The molecule has 0 aromatic rings. The van der Waals surface area contributed by atoms with E-state index in [0.29, 0.717) is 5.41 Å². The molecule has 1 aliphatic heterocycles. The van der Waals surface area contributed by atoms with Gasteiger partial charge in [-0.15, -0.1) is 0 Å². The van der Waals surface area contributed by atoms with Gasteiger partial charge in [-0.25, -0.2) is 0 Å². The van der Waals surface area contributed by atoms with Crippen molar-refractivity contribution in [3.05, 3.63) is 0 Å². The van der Waals surface area contributed by atoms with Crippen molar-refractivity contribution in [2.75, 3.05) is 26.2 Å². The Morgan fingerprint density at radius 1 is 1.19 bits per heavy atom. The second-order valence-electron chi connectivity index (χ2n) is 6.19. The minimum atomic E-state index is 0.540. The lowest BCUT2D eigenvalue weighted by Crippen LogP contribution is -2.40. The Kier molecular flexibility index (Phi) is 4.26. The van der Waals surface area contributed by atoms with Crippen LogP contribution in [0.15, 0.2) is 0 Å². The van der Waals surface area contributed by atoms with Crippen LogP contribution in [-0.4, -0.2) is 31.1 Å². The van der Waals surface area contributed by atoms with Gasteiger partial charge in [-0.3, -0.25) is 0 Å². The van der Waals surface area contributed by atoms with Crippen molar-refractivity contribution < 1.29 is 0 Å². The summed E-state index contributed by atoms with van der Waals surface area (Å²) in [5.74, 6) is 0.942. The third-order valence-electron chi connectivity index (χ3n) is 4.91. The summed E-state index contributed by atoms with van der Waals surface area (Å²) in [6.45, 7) is 7.25. The molecule has 2 heteroatoms. The minimum Gasteiger partial charge on any atom is -0.330 e. The molecule has 0 aromatic heterocycles. The van der Waals surface area contributed by atoms with E-state index in [1.54, 1.807) is 0 Å². The fraction of sp³-hybridized carbons (Fsp3) is 1.00. The van der Waals surface area contributed by atoms with Crippen LogP contribution in [0.25, 0.3) is 0 Å². The zero-order valence-corrected chi connectivity index (χ0v) is 10.9. The second kappa shape index (κ2) is 5.50. The van der Waals surface area contributed by atoms with Gasteiger partial charge in [0.15, 0.2) is 0 Å². The number of nitrogens with two attached hydrogens (primary N) is 1. The standard InChI is InChI=1S/C14H28N2/c1-13-4-2-9-16(10-5-13)11-8-14(12-15)6-3-7-14/h13H,2-12,15H2,1H3. The summed E-state index contributed by atoms with van der Waals surface area (Å²) in [6.07, 6.45) is 9.75. The number of rotatable bonds is 4. The molecule has 1 saturated heterocycles. The molecule has 2 nitrogen and oxygen atoms in total. The third kappa shape index (κ3) is 2.98. The van der Waals surface area contributed by atoms with Crippen molar-refractivity contribution in [2.24, 2.45) is 17.1 Å². The molecule has 1 saturated carbocycles. The van der Waals surface area contributed by atoms with Crippen LogP contribution in [0.3, 0.4) is 0 Å². The van der Waals surface area contributed by atoms with Crippen LogP contribution in [0.2, 0.25) is 0 Å². The van der Waals surface area contributed by atoms with Crippen LogP contribution in [0.4, 0.5) is 0 Å². The Morgan fingerprint density at radius 3 is 2.62 bits per heavy atom. The molecular weight excluding hydrogens is 196 g/mol. The summed E-state index contributed by atoms with van der Waals surface area (Å²) >= 11 is 0. The molecule has 1 aliphatic carbocycles. The van der Waals surface area contributed by atoms with E-state index in [9.17, 15) is 0 Å². The SMILES string of the molecule is CC1CCCN(CCC2(CN)CCC2)CC1. The maximum Gasteiger partial charge on any atom is -0.00130 e. The molecule has 16 heavy (non-hydrogen) atoms. The maximum atomic E-state index is 5.92. The topological polar surface area (TPSA) is 29.3 Å². The summed E-state index contributed by atoms with van der Waals surface area (Å²) in [7, 11) is 0. The van der Waals surface area contributed by atoms with E-state index in [0.717, 1.165) is 12.5 Å². The van der Waals surface area contributed by atoms with Gasteiger partial charge in [-0.1, -0.05) is 13.3 Å². The van der Waals surface area contributed by atoms with Gasteiger partial charge in [0.2, 0.25) is 0 Å². The molecule has 2 rings (SSSR count). The molecule has 0 spiro atoms. The van der Waals surface area contributed by atoms with E-state index in [2.05, 4.69) is 11.8 Å². The summed E-state index contributed by atoms with van der Waals surface area (Å²) in [6, 6.07) is 0. The zero-order chi connectivity index (χ0) is 11.4. The molecular formula is C14H28N2. The lowest BCUT2D eigenvalue weighted by molar-refractivity contribution is 0.106. The molecule has 1 atom stereocenters. The molecule has 2 fully saturated rings.